The number of aromatic carboxylic acids is 1. The lowest BCUT2D eigenvalue weighted by Gasteiger charge is -2.31. The van der Waals surface area contributed by atoms with Crippen molar-refractivity contribution < 1.29 is 19.4 Å². The predicted octanol–water partition coefficient (Wildman–Crippen LogP) is 1.45. The van der Waals surface area contributed by atoms with Gasteiger partial charge in [-0.2, -0.15) is 0 Å². The van der Waals surface area contributed by atoms with E-state index in [4.69, 9.17) is 4.74 Å². The van der Waals surface area contributed by atoms with Gasteiger partial charge in [-0.25, -0.2) is 4.79 Å². The molecule has 1 atom stereocenters. The first-order valence-corrected chi connectivity index (χ1v) is 6.91. The van der Waals surface area contributed by atoms with Gasteiger partial charge in [-0.15, -0.1) is 0 Å². The van der Waals surface area contributed by atoms with Crippen LogP contribution >= 0.6 is 0 Å². The van der Waals surface area contributed by atoms with Crippen LogP contribution in [0.2, 0.25) is 0 Å². The van der Waals surface area contributed by atoms with Crippen LogP contribution in [0, 0.1) is 0 Å². The molecule has 1 fully saturated rings. The Balaban J connectivity index is 1.80. The molecule has 2 heterocycles. The molecule has 5 heteroatoms. The second kappa shape index (κ2) is 5.25. The van der Waals surface area contributed by atoms with Gasteiger partial charge in [-0.1, -0.05) is 12.1 Å². The largest absolute Gasteiger partial charge is 0.478 e. The standard InChI is InChI=1S/C15H17NO4/c17-14(13-5-2-8-20-13)16-7-6-11-10(9-16)3-1-4-12(11)15(18)19/h1,3-4,13H,2,5-9H2,(H,18,19). The average molecular weight is 275 g/mol. The lowest BCUT2D eigenvalue weighted by molar-refractivity contribution is -0.141. The van der Waals surface area contributed by atoms with Gasteiger partial charge in [0.25, 0.3) is 5.91 Å². The molecule has 0 aromatic heterocycles. The fourth-order valence-corrected chi connectivity index (χ4v) is 2.97. The van der Waals surface area contributed by atoms with Crippen LogP contribution in [0.1, 0.15) is 34.3 Å². The monoisotopic (exact) mass is 275 g/mol. The first-order valence-electron chi connectivity index (χ1n) is 6.91. The minimum absolute atomic E-state index is 0.0360. The molecule has 106 valence electrons. The van der Waals surface area contributed by atoms with Crippen LogP contribution in [0.25, 0.3) is 0 Å². The summed E-state index contributed by atoms with van der Waals surface area (Å²) in [6.45, 7) is 1.70. The van der Waals surface area contributed by atoms with Crippen molar-refractivity contribution in [2.24, 2.45) is 0 Å². The number of carboxylic acids is 1. The van der Waals surface area contributed by atoms with Gasteiger partial charge in [0.2, 0.25) is 0 Å². The van der Waals surface area contributed by atoms with E-state index in [9.17, 15) is 14.7 Å². The number of rotatable bonds is 2. The van der Waals surface area contributed by atoms with Crippen molar-refractivity contribution in [1.82, 2.24) is 4.90 Å². The molecule has 0 spiro atoms. The van der Waals surface area contributed by atoms with Crippen molar-refractivity contribution >= 4 is 11.9 Å². The third-order valence-electron chi connectivity index (χ3n) is 4.01. The summed E-state index contributed by atoms with van der Waals surface area (Å²) in [6.07, 6.45) is 2.01. The zero-order chi connectivity index (χ0) is 14.1. The van der Waals surface area contributed by atoms with Gasteiger partial charge in [-0.05, 0) is 36.5 Å². The predicted molar refractivity (Wildman–Crippen MR) is 71.5 cm³/mol. The lowest BCUT2D eigenvalue weighted by Crippen LogP contribution is -2.42. The Morgan fingerprint density at radius 2 is 2.20 bits per heavy atom. The molecule has 2 aliphatic heterocycles. The summed E-state index contributed by atoms with van der Waals surface area (Å²) in [6, 6.07) is 5.26. The summed E-state index contributed by atoms with van der Waals surface area (Å²) in [5.74, 6) is -0.866. The zero-order valence-electron chi connectivity index (χ0n) is 11.2. The number of amides is 1. The van der Waals surface area contributed by atoms with E-state index in [0.29, 0.717) is 31.7 Å². The summed E-state index contributed by atoms with van der Waals surface area (Å²) < 4.78 is 5.43. The number of hydrogen-bond donors (Lipinski definition) is 1. The Hall–Kier alpha value is -1.88. The number of benzene rings is 1. The Kier molecular flexibility index (Phi) is 3.44. The number of carbonyl (C=O) groups excluding carboxylic acids is 1. The fourth-order valence-electron chi connectivity index (χ4n) is 2.97. The zero-order valence-corrected chi connectivity index (χ0v) is 11.2. The molecule has 0 saturated carbocycles. The molecule has 1 unspecified atom stereocenters. The third-order valence-corrected chi connectivity index (χ3v) is 4.01. The molecule has 2 aliphatic rings. The Labute approximate surface area is 117 Å². The molecule has 1 aromatic rings. The number of fused-ring (bicyclic) bond motifs is 1. The maximum atomic E-state index is 12.3. The number of ether oxygens (including phenoxy) is 1. The van der Waals surface area contributed by atoms with Crippen molar-refractivity contribution in [3.8, 4) is 0 Å². The highest BCUT2D eigenvalue weighted by atomic mass is 16.5. The van der Waals surface area contributed by atoms with Gasteiger partial charge in [0.1, 0.15) is 6.10 Å². The van der Waals surface area contributed by atoms with E-state index in [1.54, 1.807) is 17.0 Å². The first kappa shape index (κ1) is 13.1. The maximum absolute atomic E-state index is 12.3. The van der Waals surface area contributed by atoms with E-state index < -0.39 is 5.97 Å². The normalized spacial score (nSPS) is 21.6. The van der Waals surface area contributed by atoms with Gasteiger partial charge in [0, 0.05) is 19.7 Å². The van der Waals surface area contributed by atoms with Gasteiger partial charge in [-0.3, -0.25) is 4.79 Å². The highest BCUT2D eigenvalue weighted by Gasteiger charge is 2.31. The summed E-state index contributed by atoms with van der Waals surface area (Å²) in [4.78, 5) is 25.3. The highest BCUT2D eigenvalue weighted by molar-refractivity contribution is 5.90. The fraction of sp³-hybridized carbons (Fsp3) is 0.467. The van der Waals surface area contributed by atoms with E-state index in [2.05, 4.69) is 0 Å². The van der Waals surface area contributed by atoms with Crippen LogP contribution in [0.5, 0.6) is 0 Å². The van der Waals surface area contributed by atoms with Crippen molar-refractivity contribution in [3.05, 3.63) is 34.9 Å². The smallest absolute Gasteiger partial charge is 0.335 e. The number of carbonyl (C=O) groups is 2. The van der Waals surface area contributed by atoms with Gasteiger partial charge >= 0.3 is 5.97 Å². The van der Waals surface area contributed by atoms with Crippen molar-refractivity contribution in [1.29, 1.82) is 0 Å². The molecular weight excluding hydrogens is 258 g/mol. The Morgan fingerprint density at radius 1 is 1.35 bits per heavy atom. The summed E-state index contributed by atoms with van der Waals surface area (Å²) in [5, 5.41) is 9.19. The Morgan fingerprint density at radius 3 is 2.90 bits per heavy atom. The molecule has 0 bridgehead atoms. The van der Waals surface area contributed by atoms with Gasteiger partial charge < -0.3 is 14.7 Å². The van der Waals surface area contributed by atoms with E-state index in [-0.39, 0.29) is 12.0 Å². The molecule has 5 nitrogen and oxygen atoms in total. The maximum Gasteiger partial charge on any atom is 0.335 e. The molecule has 1 amide bonds. The van der Waals surface area contributed by atoms with Crippen molar-refractivity contribution in [2.75, 3.05) is 13.2 Å². The number of hydrogen-bond acceptors (Lipinski definition) is 3. The molecule has 1 saturated heterocycles. The molecule has 20 heavy (non-hydrogen) atoms. The molecule has 1 N–H and O–H groups in total. The van der Waals surface area contributed by atoms with Crippen LogP contribution in [0.15, 0.2) is 18.2 Å². The van der Waals surface area contributed by atoms with Crippen LogP contribution in [-0.2, 0) is 22.5 Å². The molecular formula is C15H17NO4. The van der Waals surface area contributed by atoms with E-state index in [1.165, 1.54) is 0 Å². The number of nitrogens with zero attached hydrogens (tertiary/aromatic N) is 1. The lowest BCUT2D eigenvalue weighted by atomic mass is 9.94. The van der Waals surface area contributed by atoms with Crippen LogP contribution < -0.4 is 0 Å². The SMILES string of the molecule is O=C(O)c1cccc2c1CCN(C(=O)C1CCCO1)C2. The third kappa shape index (κ3) is 2.29. The van der Waals surface area contributed by atoms with Crippen molar-refractivity contribution in [2.45, 2.75) is 31.9 Å². The van der Waals surface area contributed by atoms with Crippen LogP contribution in [-0.4, -0.2) is 41.1 Å². The summed E-state index contributed by atoms with van der Waals surface area (Å²) >= 11 is 0. The quantitative estimate of drug-likeness (QED) is 0.887. The average Bonchev–Trinajstić information content (AvgIpc) is 2.99. The topological polar surface area (TPSA) is 66.8 Å². The van der Waals surface area contributed by atoms with Crippen LogP contribution in [0.3, 0.4) is 0 Å². The van der Waals surface area contributed by atoms with Gasteiger partial charge in [0.05, 0.1) is 5.56 Å². The molecule has 0 radical (unpaired) electrons. The second-order valence-electron chi connectivity index (χ2n) is 5.26. The van der Waals surface area contributed by atoms with E-state index in [1.807, 2.05) is 6.07 Å². The molecule has 1 aromatic carbocycles. The summed E-state index contributed by atoms with van der Waals surface area (Å²) in [5.41, 5.74) is 2.14. The van der Waals surface area contributed by atoms with Crippen molar-refractivity contribution in [3.63, 3.8) is 0 Å². The molecule has 0 aliphatic carbocycles. The number of carboxylic acid groups (broad SMARTS) is 1. The Bertz CT molecular complexity index is 549. The second-order valence-corrected chi connectivity index (χ2v) is 5.26. The van der Waals surface area contributed by atoms with Crippen LogP contribution in [0.4, 0.5) is 0 Å². The minimum atomic E-state index is -0.902. The first-order chi connectivity index (χ1) is 9.66. The van der Waals surface area contributed by atoms with Gasteiger partial charge in [0.15, 0.2) is 0 Å². The van der Waals surface area contributed by atoms with E-state index >= 15 is 0 Å². The molecule has 3 rings (SSSR count). The minimum Gasteiger partial charge on any atom is -0.478 e. The van der Waals surface area contributed by atoms with E-state index in [0.717, 1.165) is 24.0 Å². The summed E-state index contributed by atoms with van der Waals surface area (Å²) in [7, 11) is 0. The highest BCUT2D eigenvalue weighted by Crippen LogP contribution is 2.25.